The van der Waals surface area contributed by atoms with Crippen LogP contribution in [-0.4, -0.2) is 9.97 Å². The lowest BCUT2D eigenvalue weighted by molar-refractivity contribution is 0.679. The molecule has 28 heavy (non-hydrogen) atoms. The van der Waals surface area contributed by atoms with Crippen molar-refractivity contribution < 1.29 is 0 Å². The van der Waals surface area contributed by atoms with Gasteiger partial charge in [-0.15, -0.1) is 17.0 Å². The fourth-order valence-corrected chi connectivity index (χ4v) is 3.06. The van der Waals surface area contributed by atoms with Gasteiger partial charge < -0.3 is 10.6 Å². The minimum absolute atomic E-state index is 0. The Morgan fingerprint density at radius 3 is 2.18 bits per heavy atom. The fourth-order valence-electron chi connectivity index (χ4n) is 3.06. The summed E-state index contributed by atoms with van der Waals surface area (Å²) in [6.45, 7) is 2.38. The molecule has 0 aliphatic rings. The second-order valence-corrected chi connectivity index (χ2v) is 6.48. The van der Waals surface area contributed by atoms with Crippen molar-refractivity contribution in [2.75, 3.05) is 5.32 Å². The van der Waals surface area contributed by atoms with Crippen LogP contribution in [0.1, 0.15) is 16.8 Å². The Hall–Kier alpha value is -2.76. The Morgan fingerprint density at radius 2 is 1.39 bits per heavy atom. The van der Waals surface area contributed by atoms with Crippen molar-refractivity contribution in [1.29, 1.82) is 0 Å². The molecule has 2 N–H and O–H groups in total. The number of aromatic nitrogens is 2. The minimum atomic E-state index is 0. The number of benzene rings is 2. The average molecular weight is 435 g/mol. The molecule has 0 radical (unpaired) electrons. The molecule has 4 rings (SSSR count). The summed E-state index contributed by atoms with van der Waals surface area (Å²) in [7, 11) is 0. The third-order valence-electron chi connectivity index (χ3n) is 4.50. The van der Waals surface area contributed by atoms with Gasteiger partial charge in [-0.25, -0.2) is 0 Å². The SMILES string of the molecule is Br.c1ccc(CNCc2ccc(CNc3cccc4cccnc34)cc2)nc1. The number of hydrogen-bond donors (Lipinski definition) is 2. The fraction of sp³-hybridized carbons (Fsp3) is 0.130. The van der Waals surface area contributed by atoms with E-state index < -0.39 is 0 Å². The Bertz CT molecular complexity index is 998. The van der Waals surface area contributed by atoms with Gasteiger partial charge in [-0.3, -0.25) is 9.97 Å². The van der Waals surface area contributed by atoms with Gasteiger partial charge in [-0.05, 0) is 35.4 Å². The normalized spacial score (nSPS) is 10.4. The molecule has 0 atom stereocenters. The van der Waals surface area contributed by atoms with Crippen LogP contribution >= 0.6 is 17.0 Å². The number of nitrogens with one attached hydrogen (secondary N) is 2. The van der Waals surface area contributed by atoms with Crippen LogP contribution in [-0.2, 0) is 19.6 Å². The van der Waals surface area contributed by atoms with Crippen molar-refractivity contribution in [2.24, 2.45) is 0 Å². The second-order valence-electron chi connectivity index (χ2n) is 6.48. The number of pyridine rings is 2. The number of rotatable bonds is 7. The molecule has 0 saturated carbocycles. The van der Waals surface area contributed by atoms with Gasteiger partial charge in [0.2, 0.25) is 0 Å². The van der Waals surface area contributed by atoms with Crippen LogP contribution in [0.2, 0.25) is 0 Å². The zero-order chi connectivity index (χ0) is 18.3. The van der Waals surface area contributed by atoms with Crippen LogP contribution in [0.3, 0.4) is 0 Å². The summed E-state index contributed by atoms with van der Waals surface area (Å²) in [6.07, 6.45) is 3.66. The van der Waals surface area contributed by atoms with Crippen molar-refractivity contribution in [3.05, 3.63) is 102 Å². The molecule has 4 aromatic rings. The Morgan fingerprint density at radius 1 is 0.643 bits per heavy atom. The van der Waals surface area contributed by atoms with Gasteiger partial charge in [0.25, 0.3) is 0 Å². The third-order valence-corrected chi connectivity index (χ3v) is 4.50. The molecule has 142 valence electrons. The van der Waals surface area contributed by atoms with E-state index in [1.807, 2.05) is 36.7 Å². The summed E-state index contributed by atoms with van der Waals surface area (Å²) in [5.74, 6) is 0. The van der Waals surface area contributed by atoms with E-state index in [0.717, 1.165) is 41.9 Å². The summed E-state index contributed by atoms with van der Waals surface area (Å²) < 4.78 is 0. The first-order valence-corrected chi connectivity index (χ1v) is 9.14. The van der Waals surface area contributed by atoms with Gasteiger partial charge in [-0.2, -0.15) is 0 Å². The maximum absolute atomic E-state index is 4.49. The van der Waals surface area contributed by atoms with E-state index in [2.05, 4.69) is 69.1 Å². The van der Waals surface area contributed by atoms with Crippen molar-refractivity contribution in [1.82, 2.24) is 15.3 Å². The van der Waals surface area contributed by atoms with E-state index in [1.54, 1.807) is 0 Å². The van der Waals surface area contributed by atoms with E-state index in [9.17, 15) is 0 Å². The molecule has 0 spiro atoms. The highest BCUT2D eigenvalue weighted by atomic mass is 79.9. The molecule has 0 aliphatic heterocycles. The highest BCUT2D eigenvalue weighted by Gasteiger charge is 2.02. The molecule has 0 unspecified atom stereocenters. The third kappa shape index (κ3) is 5.15. The van der Waals surface area contributed by atoms with Crippen LogP contribution in [0, 0.1) is 0 Å². The Balaban J connectivity index is 0.00000225. The first kappa shape index (κ1) is 20.0. The molecule has 0 fully saturated rings. The van der Waals surface area contributed by atoms with Crippen molar-refractivity contribution in [3.63, 3.8) is 0 Å². The average Bonchev–Trinajstić information content (AvgIpc) is 2.74. The lowest BCUT2D eigenvalue weighted by atomic mass is 10.1. The molecule has 5 heteroatoms. The van der Waals surface area contributed by atoms with Crippen LogP contribution in [0.25, 0.3) is 10.9 Å². The molecule has 0 aliphatic carbocycles. The predicted molar refractivity (Wildman–Crippen MR) is 121 cm³/mol. The highest BCUT2D eigenvalue weighted by Crippen LogP contribution is 2.21. The summed E-state index contributed by atoms with van der Waals surface area (Å²) in [4.78, 5) is 8.81. The van der Waals surface area contributed by atoms with E-state index in [0.29, 0.717) is 0 Å². The number of hydrogen-bond acceptors (Lipinski definition) is 4. The van der Waals surface area contributed by atoms with Gasteiger partial charge in [0, 0.05) is 37.4 Å². The van der Waals surface area contributed by atoms with Gasteiger partial charge in [0.05, 0.1) is 16.9 Å². The molecule has 0 amide bonds. The maximum atomic E-state index is 4.49. The van der Waals surface area contributed by atoms with Crippen molar-refractivity contribution in [3.8, 4) is 0 Å². The molecule has 2 heterocycles. The van der Waals surface area contributed by atoms with E-state index >= 15 is 0 Å². The van der Waals surface area contributed by atoms with Gasteiger partial charge >= 0.3 is 0 Å². The number of nitrogens with zero attached hydrogens (tertiary/aromatic N) is 2. The Kier molecular flexibility index (Phi) is 7.12. The Labute approximate surface area is 175 Å². The molecule has 2 aromatic carbocycles. The molecular weight excluding hydrogens is 412 g/mol. The van der Waals surface area contributed by atoms with E-state index in [4.69, 9.17) is 0 Å². The first-order valence-electron chi connectivity index (χ1n) is 9.14. The summed E-state index contributed by atoms with van der Waals surface area (Å²) >= 11 is 0. The molecule has 0 bridgehead atoms. The predicted octanol–water partition coefficient (Wildman–Crippen LogP) is 5.11. The molecule has 4 nitrogen and oxygen atoms in total. The molecule has 2 aromatic heterocycles. The van der Waals surface area contributed by atoms with Crippen molar-refractivity contribution >= 4 is 33.6 Å². The second kappa shape index (κ2) is 9.97. The monoisotopic (exact) mass is 434 g/mol. The zero-order valence-electron chi connectivity index (χ0n) is 15.5. The number of halogens is 1. The van der Waals surface area contributed by atoms with E-state index in [1.165, 1.54) is 11.1 Å². The van der Waals surface area contributed by atoms with Gasteiger partial charge in [0.15, 0.2) is 0 Å². The molecular formula is C23H23BrN4. The quantitative estimate of drug-likeness (QED) is 0.424. The number of anilines is 1. The largest absolute Gasteiger partial charge is 0.379 e. The summed E-state index contributed by atoms with van der Waals surface area (Å²) in [6, 6.07) is 24.9. The van der Waals surface area contributed by atoms with E-state index in [-0.39, 0.29) is 17.0 Å². The van der Waals surface area contributed by atoms with Crippen LogP contribution in [0.4, 0.5) is 5.69 Å². The zero-order valence-corrected chi connectivity index (χ0v) is 17.2. The lowest BCUT2D eigenvalue weighted by Crippen LogP contribution is -2.13. The smallest absolute Gasteiger partial charge is 0.0933 e. The van der Waals surface area contributed by atoms with Crippen molar-refractivity contribution in [2.45, 2.75) is 19.6 Å². The van der Waals surface area contributed by atoms with Crippen LogP contribution < -0.4 is 10.6 Å². The highest BCUT2D eigenvalue weighted by molar-refractivity contribution is 8.93. The standard InChI is InChI=1S/C23H22N4.BrH/c1-2-13-25-21(7-1)17-24-15-18-9-11-19(12-10-18)16-27-22-8-3-5-20-6-4-14-26-23(20)22;/h1-14,24,27H,15-17H2;1H. The first-order chi connectivity index (χ1) is 13.4. The number of fused-ring (bicyclic) bond motifs is 1. The van der Waals surface area contributed by atoms with Gasteiger partial charge in [0.1, 0.15) is 0 Å². The molecule has 0 saturated heterocycles. The van der Waals surface area contributed by atoms with Crippen LogP contribution in [0.5, 0.6) is 0 Å². The number of para-hydroxylation sites is 1. The lowest BCUT2D eigenvalue weighted by Gasteiger charge is -2.10. The maximum Gasteiger partial charge on any atom is 0.0933 e. The topological polar surface area (TPSA) is 49.8 Å². The van der Waals surface area contributed by atoms with Gasteiger partial charge in [-0.1, -0.05) is 48.5 Å². The van der Waals surface area contributed by atoms with Crippen LogP contribution in [0.15, 0.2) is 85.2 Å². The minimum Gasteiger partial charge on any atom is -0.379 e. The summed E-state index contributed by atoms with van der Waals surface area (Å²) in [5.41, 5.74) is 5.64. The summed E-state index contributed by atoms with van der Waals surface area (Å²) in [5, 5.41) is 8.08.